The van der Waals surface area contributed by atoms with Crippen molar-refractivity contribution in [2.24, 2.45) is 0 Å². The molecule has 5 rings (SSSR count). The SMILES string of the molecule is CC(=O)NC(C(=O)N1CC2=C(C1)CN(S(=O)(=O)c1ccc3c(c1)OCCO3)C2)c1cccc(Cl)c1. The Labute approximate surface area is 208 Å². The van der Waals surface area contributed by atoms with Crippen molar-refractivity contribution in [1.82, 2.24) is 14.5 Å². The third kappa shape index (κ3) is 4.61. The minimum absolute atomic E-state index is 0.141. The summed E-state index contributed by atoms with van der Waals surface area (Å²) in [6.45, 7) is 3.17. The van der Waals surface area contributed by atoms with Crippen molar-refractivity contribution in [3.8, 4) is 11.5 Å². The summed E-state index contributed by atoms with van der Waals surface area (Å²) in [6.07, 6.45) is 0. The molecule has 0 saturated heterocycles. The van der Waals surface area contributed by atoms with E-state index in [-0.39, 0.29) is 29.8 Å². The number of hydrogen-bond donors (Lipinski definition) is 1. The zero-order valence-corrected chi connectivity index (χ0v) is 20.6. The molecular weight excluding hydrogens is 494 g/mol. The zero-order chi connectivity index (χ0) is 24.7. The Morgan fingerprint density at radius 1 is 0.971 bits per heavy atom. The number of amides is 2. The predicted octanol–water partition coefficient (Wildman–Crippen LogP) is 2.13. The van der Waals surface area contributed by atoms with Gasteiger partial charge in [-0.1, -0.05) is 23.7 Å². The fourth-order valence-electron chi connectivity index (χ4n) is 4.56. The molecule has 1 N–H and O–H groups in total. The highest BCUT2D eigenvalue weighted by molar-refractivity contribution is 7.89. The van der Waals surface area contributed by atoms with E-state index >= 15 is 0 Å². The number of sulfonamides is 1. The molecule has 0 fully saturated rings. The van der Waals surface area contributed by atoms with E-state index in [1.165, 1.54) is 23.4 Å². The van der Waals surface area contributed by atoms with Gasteiger partial charge in [-0.05, 0) is 41.0 Å². The first-order valence-corrected chi connectivity index (χ1v) is 12.9. The highest BCUT2D eigenvalue weighted by atomic mass is 35.5. The van der Waals surface area contributed by atoms with Gasteiger partial charge in [0.2, 0.25) is 21.8 Å². The molecule has 2 aromatic carbocycles. The lowest BCUT2D eigenvalue weighted by molar-refractivity contribution is -0.135. The van der Waals surface area contributed by atoms with Gasteiger partial charge in [0, 0.05) is 44.2 Å². The lowest BCUT2D eigenvalue weighted by atomic mass is 10.1. The number of carbonyl (C=O) groups is 2. The highest BCUT2D eigenvalue weighted by Crippen LogP contribution is 2.36. The fraction of sp³-hybridized carbons (Fsp3) is 0.333. The van der Waals surface area contributed by atoms with Crippen molar-refractivity contribution in [3.63, 3.8) is 0 Å². The largest absolute Gasteiger partial charge is 0.486 e. The van der Waals surface area contributed by atoms with Gasteiger partial charge < -0.3 is 19.7 Å². The average molecular weight is 518 g/mol. The van der Waals surface area contributed by atoms with Gasteiger partial charge in [0.15, 0.2) is 11.5 Å². The smallest absolute Gasteiger partial charge is 0.250 e. The van der Waals surface area contributed by atoms with Gasteiger partial charge in [-0.15, -0.1) is 0 Å². The van der Waals surface area contributed by atoms with Crippen molar-refractivity contribution in [3.05, 3.63) is 64.2 Å². The number of fused-ring (bicyclic) bond motifs is 1. The van der Waals surface area contributed by atoms with Gasteiger partial charge in [-0.25, -0.2) is 8.42 Å². The van der Waals surface area contributed by atoms with Gasteiger partial charge >= 0.3 is 0 Å². The minimum atomic E-state index is -3.75. The summed E-state index contributed by atoms with van der Waals surface area (Å²) in [5.41, 5.74) is 2.38. The van der Waals surface area contributed by atoms with Crippen LogP contribution in [0.3, 0.4) is 0 Å². The van der Waals surface area contributed by atoms with Gasteiger partial charge in [0.25, 0.3) is 0 Å². The number of nitrogens with zero attached hydrogens (tertiary/aromatic N) is 2. The molecule has 1 atom stereocenters. The van der Waals surface area contributed by atoms with E-state index in [1.54, 1.807) is 35.2 Å². The molecular formula is C24H24ClN3O6S. The third-order valence-corrected chi connectivity index (χ3v) is 8.26. The standard InChI is InChI=1S/C24H24ClN3O6S/c1-15(29)26-23(16-3-2-4-19(25)9-16)24(30)27-11-17-13-28(14-18(17)12-27)35(31,32)20-5-6-21-22(10-20)34-8-7-33-21/h2-6,9-10,23H,7-8,11-14H2,1H3,(H,26,29). The molecule has 0 radical (unpaired) electrons. The van der Waals surface area contributed by atoms with Crippen LogP contribution in [0.25, 0.3) is 0 Å². The molecule has 11 heteroatoms. The first-order chi connectivity index (χ1) is 16.7. The second-order valence-electron chi connectivity index (χ2n) is 8.67. The fourth-order valence-corrected chi connectivity index (χ4v) is 6.21. The molecule has 35 heavy (non-hydrogen) atoms. The molecule has 184 valence electrons. The minimum Gasteiger partial charge on any atom is -0.486 e. The second kappa shape index (κ2) is 9.18. The molecule has 3 aliphatic heterocycles. The monoisotopic (exact) mass is 517 g/mol. The number of benzene rings is 2. The van der Waals surface area contributed by atoms with Gasteiger partial charge in [0.05, 0.1) is 4.90 Å². The van der Waals surface area contributed by atoms with Crippen LogP contribution in [0.2, 0.25) is 5.02 Å². The summed E-state index contributed by atoms with van der Waals surface area (Å²) in [5, 5.41) is 3.17. The first-order valence-electron chi connectivity index (χ1n) is 11.1. The molecule has 0 spiro atoms. The Morgan fingerprint density at radius 3 is 2.31 bits per heavy atom. The maximum absolute atomic E-state index is 13.3. The molecule has 0 aliphatic carbocycles. The van der Waals surface area contributed by atoms with Crippen molar-refractivity contribution < 1.29 is 27.5 Å². The summed E-state index contributed by atoms with van der Waals surface area (Å²) in [7, 11) is -3.75. The van der Waals surface area contributed by atoms with Crippen molar-refractivity contribution >= 4 is 33.4 Å². The Hall–Kier alpha value is -3.08. The maximum Gasteiger partial charge on any atom is 0.250 e. The number of nitrogens with one attached hydrogen (secondary N) is 1. The molecule has 0 bridgehead atoms. The van der Waals surface area contributed by atoms with Crippen molar-refractivity contribution in [2.75, 3.05) is 39.4 Å². The van der Waals surface area contributed by atoms with Crippen LogP contribution in [0, 0.1) is 0 Å². The van der Waals surface area contributed by atoms with Crippen LogP contribution >= 0.6 is 11.6 Å². The molecule has 2 amide bonds. The molecule has 0 saturated carbocycles. The van der Waals surface area contributed by atoms with E-state index in [0.717, 1.165) is 11.1 Å². The number of halogens is 1. The normalized spacial score (nSPS) is 18.4. The number of hydrogen-bond acceptors (Lipinski definition) is 6. The number of rotatable bonds is 5. The Kier molecular flexibility index (Phi) is 6.20. The Morgan fingerprint density at radius 2 is 1.66 bits per heavy atom. The second-order valence-corrected chi connectivity index (χ2v) is 11.0. The van der Waals surface area contributed by atoms with Crippen molar-refractivity contribution in [1.29, 1.82) is 0 Å². The van der Waals surface area contributed by atoms with Gasteiger partial charge in [-0.3, -0.25) is 9.59 Å². The van der Waals surface area contributed by atoms with Gasteiger partial charge in [-0.2, -0.15) is 4.31 Å². The maximum atomic E-state index is 13.3. The van der Waals surface area contributed by atoms with E-state index in [1.807, 2.05) is 0 Å². The molecule has 0 aromatic heterocycles. The Bertz CT molecular complexity index is 1320. The van der Waals surface area contributed by atoms with E-state index in [0.29, 0.717) is 48.4 Å². The molecule has 3 heterocycles. The van der Waals surface area contributed by atoms with E-state index in [9.17, 15) is 18.0 Å². The lowest BCUT2D eigenvalue weighted by Crippen LogP contribution is -2.43. The summed E-state index contributed by atoms with van der Waals surface area (Å²) in [5.74, 6) is 0.344. The van der Waals surface area contributed by atoms with Crippen LogP contribution in [-0.4, -0.2) is 68.8 Å². The van der Waals surface area contributed by atoms with Crippen LogP contribution in [0.1, 0.15) is 18.5 Å². The zero-order valence-electron chi connectivity index (χ0n) is 19.0. The molecule has 2 aromatic rings. The number of carbonyl (C=O) groups excluding carboxylic acids is 2. The van der Waals surface area contributed by atoms with E-state index in [4.69, 9.17) is 21.1 Å². The predicted molar refractivity (Wildman–Crippen MR) is 128 cm³/mol. The topological polar surface area (TPSA) is 105 Å². The summed E-state index contributed by atoms with van der Waals surface area (Å²) < 4.78 is 39.0. The number of ether oxygens (including phenoxy) is 2. The van der Waals surface area contributed by atoms with Gasteiger partial charge in [0.1, 0.15) is 19.3 Å². The Balaban J connectivity index is 1.29. The molecule has 1 unspecified atom stereocenters. The average Bonchev–Trinajstić information content (AvgIpc) is 3.42. The quantitative estimate of drug-likeness (QED) is 0.609. The van der Waals surface area contributed by atoms with Crippen LogP contribution in [0.4, 0.5) is 0 Å². The van der Waals surface area contributed by atoms with E-state index in [2.05, 4.69) is 5.32 Å². The van der Waals surface area contributed by atoms with Crippen LogP contribution < -0.4 is 14.8 Å². The van der Waals surface area contributed by atoms with E-state index < -0.39 is 16.1 Å². The summed E-state index contributed by atoms with van der Waals surface area (Å²) in [6, 6.07) is 10.6. The summed E-state index contributed by atoms with van der Waals surface area (Å²) >= 11 is 6.09. The summed E-state index contributed by atoms with van der Waals surface area (Å²) in [4.78, 5) is 26.9. The molecule has 3 aliphatic rings. The highest BCUT2D eigenvalue weighted by Gasteiger charge is 2.39. The first kappa shape index (κ1) is 23.7. The third-order valence-electron chi connectivity index (χ3n) is 6.24. The van der Waals surface area contributed by atoms with Crippen molar-refractivity contribution in [2.45, 2.75) is 17.9 Å². The van der Waals surface area contributed by atoms with Crippen LogP contribution in [0.15, 0.2) is 58.5 Å². The molecule has 9 nitrogen and oxygen atoms in total. The van der Waals surface area contributed by atoms with Crippen LogP contribution in [0.5, 0.6) is 11.5 Å². The van der Waals surface area contributed by atoms with Crippen LogP contribution in [-0.2, 0) is 19.6 Å². The lowest BCUT2D eigenvalue weighted by Gasteiger charge is -2.27.